The maximum Gasteiger partial charge on any atom is 0.130 e. The summed E-state index contributed by atoms with van der Waals surface area (Å²) in [6.45, 7) is 1.93. The van der Waals surface area contributed by atoms with Gasteiger partial charge in [0.15, 0.2) is 0 Å². The summed E-state index contributed by atoms with van der Waals surface area (Å²) in [5.74, 6) is 0.515. The summed E-state index contributed by atoms with van der Waals surface area (Å²) < 4.78 is 0. The molecule has 3 rings (SSSR count). The molecule has 3 aromatic rings. The van der Waals surface area contributed by atoms with Crippen molar-refractivity contribution in [3.8, 4) is 11.3 Å². The molecule has 0 amide bonds. The number of aromatic nitrogens is 3. The van der Waals surface area contributed by atoms with E-state index in [1.807, 2.05) is 37.3 Å². The van der Waals surface area contributed by atoms with Crippen LogP contribution < -0.4 is 5.73 Å². The van der Waals surface area contributed by atoms with Gasteiger partial charge in [-0.3, -0.25) is 4.98 Å². The lowest BCUT2D eigenvalue weighted by Crippen LogP contribution is -1.98. The second-order valence-corrected chi connectivity index (χ2v) is 4.11. The second kappa shape index (κ2) is 4.07. The van der Waals surface area contributed by atoms with E-state index in [1.54, 1.807) is 6.20 Å². The fourth-order valence-corrected chi connectivity index (χ4v) is 2.05. The zero-order valence-corrected chi connectivity index (χ0v) is 9.96. The van der Waals surface area contributed by atoms with Gasteiger partial charge in [0.1, 0.15) is 12.1 Å². The van der Waals surface area contributed by atoms with E-state index in [9.17, 15) is 0 Å². The van der Waals surface area contributed by atoms with Gasteiger partial charge in [0, 0.05) is 22.7 Å². The Kier molecular flexibility index (Phi) is 2.41. The molecule has 0 unspecified atom stereocenters. The Bertz CT molecular complexity index is 717. The maximum atomic E-state index is 5.84. The fraction of sp³-hybridized carbons (Fsp3) is 0.0714. The fourth-order valence-electron chi connectivity index (χ4n) is 2.05. The number of pyridine rings is 1. The summed E-state index contributed by atoms with van der Waals surface area (Å²) in [4.78, 5) is 12.7. The number of nitrogens with zero attached hydrogens (tertiary/aromatic N) is 3. The maximum absolute atomic E-state index is 5.84. The van der Waals surface area contributed by atoms with Crippen molar-refractivity contribution in [2.24, 2.45) is 0 Å². The normalized spacial score (nSPS) is 10.7. The van der Waals surface area contributed by atoms with Crippen LogP contribution in [0.25, 0.3) is 22.2 Å². The molecule has 0 aliphatic heterocycles. The molecule has 18 heavy (non-hydrogen) atoms. The summed E-state index contributed by atoms with van der Waals surface area (Å²) >= 11 is 0. The molecule has 1 aromatic carbocycles. The lowest BCUT2D eigenvalue weighted by atomic mass is 10.0. The number of hydrogen-bond donors (Lipinski definition) is 1. The van der Waals surface area contributed by atoms with Gasteiger partial charge in [0.25, 0.3) is 0 Å². The first-order chi connectivity index (χ1) is 8.77. The predicted molar refractivity (Wildman–Crippen MR) is 71.9 cm³/mol. The minimum Gasteiger partial charge on any atom is -0.383 e. The highest BCUT2D eigenvalue weighted by molar-refractivity contribution is 5.94. The minimum absolute atomic E-state index is 0.515. The van der Waals surface area contributed by atoms with Crippen LogP contribution in [0.15, 0.2) is 42.9 Å². The van der Waals surface area contributed by atoms with Crippen molar-refractivity contribution in [1.82, 2.24) is 15.0 Å². The van der Waals surface area contributed by atoms with Crippen LogP contribution in [0.1, 0.15) is 5.56 Å². The summed E-state index contributed by atoms with van der Waals surface area (Å²) in [7, 11) is 0. The molecular formula is C14H12N4. The summed E-state index contributed by atoms with van der Waals surface area (Å²) in [6.07, 6.45) is 3.28. The van der Waals surface area contributed by atoms with Gasteiger partial charge < -0.3 is 5.73 Å². The van der Waals surface area contributed by atoms with E-state index in [0.29, 0.717) is 5.82 Å². The molecule has 0 aliphatic carbocycles. The van der Waals surface area contributed by atoms with Crippen molar-refractivity contribution in [2.45, 2.75) is 6.92 Å². The van der Waals surface area contributed by atoms with Gasteiger partial charge in [-0.25, -0.2) is 9.97 Å². The third-order valence-corrected chi connectivity index (χ3v) is 3.02. The average Bonchev–Trinajstić information content (AvgIpc) is 2.41. The topological polar surface area (TPSA) is 64.7 Å². The number of fused-ring (bicyclic) bond motifs is 1. The highest BCUT2D eigenvalue weighted by Gasteiger charge is 2.10. The van der Waals surface area contributed by atoms with E-state index in [0.717, 1.165) is 27.7 Å². The van der Waals surface area contributed by atoms with Crippen LogP contribution in [0.5, 0.6) is 0 Å². The van der Waals surface area contributed by atoms with Crippen LogP contribution >= 0.6 is 0 Å². The Balaban J connectivity index is 2.35. The second-order valence-electron chi connectivity index (χ2n) is 4.11. The monoisotopic (exact) mass is 236 g/mol. The van der Waals surface area contributed by atoms with Gasteiger partial charge in [0.05, 0.1) is 11.2 Å². The van der Waals surface area contributed by atoms with Crippen molar-refractivity contribution < 1.29 is 0 Å². The summed E-state index contributed by atoms with van der Waals surface area (Å²) in [6, 6.07) is 9.95. The Morgan fingerprint density at radius 3 is 2.78 bits per heavy atom. The number of nitrogen functional groups attached to an aromatic ring is 1. The Hall–Kier alpha value is -2.49. The van der Waals surface area contributed by atoms with Gasteiger partial charge in [-0.2, -0.15) is 0 Å². The molecule has 2 aromatic heterocycles. The zero-order chi connectivity index (χ0) is 12.5. The molecule has 0 aliphatic rings. The van der Waals surface area contributed by atoms with Crippen LogP contribution in [0.4, 0.5) is 5.82 Å². The van der Waals surface area contributed by atoms with Crippen molar-refractivity contribution in [3.63, 3.8) is 0 Å². The van der Waals surface area contributed by atoms with Crippen LogP contribution in [0, 0.1) is 6.92 Å². The third kappa shape index (κ3) is 1.59. The number of rotatable bonds is 1. The summed E-state index contributed by atoms with van der Waals surface area (Å²) in [5, 5.41) is 1.07. The molecule has 2 N–H and O–H groups in total. The highest BCUT2D eigenvalue weighted by Crippen LogP contribution is 2.29. The lowest BCUT2D eigenvalue weighted by Gasteiger charge is -2.09. The van der Waals surface area contributed by atoms with Gasteiger partial charge in [0.2, 0.25) is 0 Å². The summed E-state index contributed by atoms with van der Waals surface area (Å²) in [5.41, 5.74) is 9.58. The number of benzene rings is 1. The molecule has 0 saturated heterocycles. The molecule has 0 saturated carbocycles. The van der Waals surface area contributed by atoms with Crippen LogP contribution in [0.3, 0.4) is 0 Å². The average molecular weight is 236 g/mol. The predicted octanol–water partition coefficient (Wildman–Crippen LogP) is 2.58. The van der Waals surface area contributed by atoms with E-state index < -0.39 is 0 Å². The van der Waals surface area contributed by atoms with Gasteiger partial charge in [-0.15, -0.1) is 0 Å². The Morgan fingerprint density at radius 1 is 1.00 bits per heavy atom. The molecule has 4 heteroatoms. The van der Waals surface area contributed by atoms with Gasteiger partial charge in [-0.05, 0) is 19.1 Å². The smallest absolute Gasteiger partial charge is 0.130 e. The van der Waals surface area contributed by atoms with E-state index >= 15 is 0 Å². The number of hydrogen-bond acceptors (Lipinski definition) is 4. The molecule has 0 fully saturated rings. The largest absolute Gasteiger partial charge is 0.383 e. The third-order valence-electron chi connectivity index (χ3n) is 3.02. The van der Waals surface area contributed by atoms with Crippen molar-refractivity contribution in [2.75, 3.05) is 5.73 Å². The molecule has 0 spiro atoms. The zero-order valence-electron chi connectivity index (χ0n) is 9.96. The quantitative estimate of drug-likeness (QED) is 0.705. The van der Waals surface area contributed by atoms with Crippen LogP contribution in [0.2, 0.25) is 0 Å². The molecule has 0 radical (unpaired) electrons. The standard InChI is InChI=1S/C14H12N4/c1-9-13(17-8-18-14(9)15)11-4-2-6-12-10(11)5-3-7-16-12/h2-8H,1H3,(H2,15,17,18). The van der Waals surface area contributed by atoms with E-state index in [2.05, 4.69) is 15.0 Å². The molecule has 2 heterocycles. The van der Waals surface area contributed by atoms with Crippen molar-refractivity contribution in [3.05, 3.63) is 48.4 Å². The molecule has 88 valence electrons. The van der Waals surface area contributed by atoms with Crippen molar-refractivity contribution in [1.29, 1.82) is 0 Å². The molecular weight excluding hydrogens is 224 g/mol. The first kappa shape index (κ1) is 10.7. The van der Waals surface area contributed by atoms with E-state index in [-0.39, 0.29) is 0 Å². The van der Waals surface area contributed by atoms with E-state index in [1.165, 1.54) is 6.33 Å². The number of nitrogens with two attached hydrogens (primary N) is 1. The van der Waals surface area contributed by atoms with Crippen LogP contribution in [-0.4, -0.2) is 15.0 Å². The van der Waals surface area contributed by atoms with Gasteiger partial charge in [-0.1, -0.05) is 18.2 Å². The Labute approximate surface area is 105 Å². The lowest BCUT2D eigenvalue weighted by molar-refractivity contribution is 1.15. The molecule has 0 bridgehead atoms. The first-order valence-corrected chi connectivity index (χ1v) is 5.68. The first-order valence-electron chi connectivity index (χ1n) is 5.68. The van der Waals surface area contributed by atoms with Crippen molar-refractivity contribution >= 4 is 16.7 Å². The molecule has 4 nitrogen and oxygen atoms in total. The van der Waals surface area contributed by atoms with Crippen LogP contribution in [-0.2, 0) is 0 Å². The molecule has 0 atom stereocenters. The van der Waals surface area contributed by atoms with Gasteiger partial charge >= 0.3 is 0 Å². The highest BCUT2D eigenvalue weighted by atomic mass is 14.9. The Morgan fingerprint density at radius 2 is 1.89 bits per heavy atom. The number of anilines is 1. The van der Waals surface area contributed by atoms with E-state index in [4.69, 9.17) is 5.73 Å². The minimum atomic E-state index is 0.515. The SMILES string of the molecule is Cc1c(N)ncnc1-c1cccc2ncccc12.